The zero-order valence-corrected chi connectivity index (χ0v) is 21.3. The Bertz CT molecular complexity index is 1370. The number of thiophene rings is 1. The van der Waals surface area contributed by atoms with Gasteiger partial charge in [-0.05, 0) is 68.3 Å². The lowest BCUT2D eigenvalue weighted by molar-refractivity contribution is 0.0703. The number of aliphatic hydroxyl groups is 1. The largest absolute Gasteiger partial charge is 0.391 e. The van der Waals surface area contributed by atoms with Crippen LogP contribution >= 0.6 is 11.3 Å². The van der Waals surface area contributed by atoms with E-state index in [1.54, 1.807) is 18.2 Å². The number of halogens is 2. The second-order valence-corrected chi connectivity index (χ2v) is 10.6. The summed E-state index contributed by atoms with van der Waals surface area (Å²) in [4.78, 5) is 18.2. The van der Waals surface area contributed by atoms with Crippen LogP contribution in [0.1, 0.15) is 34.5 Å². The third kappa shape index (κ3) is 5.10. The van der Waals surface area contributed by atoms with Crippen molar-refractivity contribution in [2.45, 2.75) is 31.4 Å². The molecule has 2 aromatic carbocycles. The highest BCUT2D eigenvalue weighted by molar-refractivity contribution is 7.18. The number of anilines is 1. The van der Waals surface area contributed by atoms with Crippen molar-refractivity contribution in [1.29, 1.82) is 5.26 Å². The van der Waals surface area contributed by atoms with Crippen LogP contribution in [0.3, 0.4) is 0 Å². The Kier molecular flexibility index (Phi) is 7.24. The number of carbonyl (C=O) groups excluding carboxylic acids is 1. The van der Waals surface area contributed by atoms with Crippen LogP contribution in [0.25, 0.3) is 21.6 Å². The van der Waals surface area contributed by atoms with Gasteiger partial charge in [0.05, 0.1) is 16.5 Å². The molecule has 2 aliphatic rings. The molecule has 2 fully saturated rings. The third-order valence-corrected chi connectivity index (χ3v) is 8.34. The van der Waals surface area contributed by atoms with E-state index in [9.17, 15) is 14.3 Å². The number of piperidine rings is 1. The maximum atomic E-state index is 15.5. The van der Waals surface area contributed by atoms with Gasteiger partial charge in [-0.1, -0.05) is 6.07 Å². The van der Waals surface area contributed by atoms with Gasteiger partial charge in [-0.25, -0.2) is 8.78 Å². The molecule has 0 saturated carbocycles. The van der Waals surface area contributed by atoms with Gasteiger partial charge in [0.25, 0.3) is 5.91 Å². The number of nitrogens with zero attached hydrogens (tertiary/aromatic N) is 3. The Morgan fingerprint density at radius 1 is 1.08 bits per heavy atom. The first-order valence-electron chi connectivity index (χ1n) is 12.4. The fraction of sp³-hybridized carbons (Fsp3) is 0.357. The average molecular weight is 523 g/mol. The molecule has 3 aromatic rings. The van der Waals surface area contributed by atoms with Crippen LogP contribution in [0.5, 0.6) is 0 Å². The number of carbonyl (C=O) groups is 1. The predicted octanol–water partition coefficient (Wildman–Crippen LogP) is 4.63. The molecule has 5 rings (SSSR count). The van der Waals surface area contributed by atoms with Crippen molar-refractivity contribution in [2.75, 3.05) is 38.1 Å². The summed E-state index contributed by atoms with van der Waals surface area (Å²) in [6, 6.07) is 13.0. The number of nitrogens with one attached hydrogen (secondary N) is 1. The van der Waals surface area contributed by atoms with E-state index in [4.69, 9.17) is 5.26 Å². The molecule has 2 N–H and O–H groups in total. The first-order valence-corrected chi connectivity index (χ1v) is 13.2. The fourth-order valence-corrected chi connectivity index (χ4v) is 6.27. The van der Waals surface area contributed by atoms with E-state index >= 15 is 4.39 Å². The number of rotatable bonds is 5. The summed E-state index contributed by atoms with van der Waals surface area (Å²) < 4.78 is 30.1. The zero-order chi connectivity index (χ0) is 26.1. The molecule has 2 atom stereocenters. The predicted molar refractivity (Wildman–Crippen MR) is 141 cm³/mol. The maximum Gasteiger partial charge on any atom is 0.264 e. The molecule has 3 heterocycles. The minimum atomic E-state index is -0.665. The van der Waals surface area contributed by atoms with E-state index in [2.05, 4.69) is 5.32 Å². The summed E-state index contributed by atoms with van der Waals surface area (Å²) in [7, 11) is 1.88. The number of amides is 1. The standard InChI is InChI=1S/C28H28F2N4O2S/c1-32-19-3-2-9-34(15-19)28(36)26-13-23(17-4-5-18(14-31)24(29)11-17)27(37-26)22-7-6-20(12-25(22)30)33-10-8-21(35)16-33/h4-7,11-13,19,21,32,35H,2-3,8-10,15-16H2,1H3/t19-,21?/m1/s1. The average Bonchev–Trinajstić information content (AvgIpc) is 3.55. The van der Waals surface area contributed by atoms with Gasteiger partial charge in [0.15, 0.2) is 0 Å². The van der Waals surface area contributed by atoms with E-state index in [1.807, 2.05) is 29.0 Å². The van der Waals surface area contributed by atoms with Gasteiger partial charge in [0.2, 0.25) is 0 Å². The first-order chi connectivity index (χ1) is 17.9. The van der Waals surface area contributed by atoms with Gasteiger partial charge in [-0.15, -0.1) is 11.3 Å². The molecule has 0 radical (unpaired) electrons. The van der Waals surface area contributed by atoms with Crippen molar-refractivity contribution >= 4 is 22.9 Å². The van der Waals surface area contributed by atoms with E-state index in [0.717, 1.165) is 12.8 Å². The molecule has 1 aromatic heterocycles. The third-order valence-electron chi connectivity index (χ3n) is 7.19. The number of hydrogen-bond acceptors (Lipinski definition) is 6. The van der Waals surface area contributed by atoms with Crippen LogP contribution in [-0.4, -0.2) is 61.3 Å². The molecule has 0 aliphatic carbocycles. The van der Waals surface area contributed by atoms with Crippen molar-refractivity contribution in [3.8, 4) is 27.6 Å². The van der Waals surface area contributed by atoms with Crippen LogP contribution in [-0.2, 0) is 0 Å². The molecule has 6 nitrogen and oxygen atoms in total. The molecule has 37 heavy (non-hydrogen) atoms. The van der Waals surface area contributed by atoms with Crippen LogP contribution in [0.2, 0.25) is 0 Å². The number of likely N-dealkylation sites (tertiary alicyclic amines) is 1. The summed E-state index contributed by atoms with van der Waals surface area (Å²) in [6.07, 6.45) is 2.10. The lowest BCUT2D eigenvalue weighted by Crippen LogP contribution is -2.46. The summed E-state index contributed by atoms with van der Waals surface area (Å²) in [5, 5.41) is 22.2. The molecule has 0 bridgehead atoms. The van der Waals surface area contributed by atoms with Crippen LogP contribution in [0.4, 0.5) is 14.5 Å². The fourth-order valence-electron chi connectivity index (χ4n) is 5.10. The van der Waals surface area contributed by atoms with Crippen molar-refractivity contribution in [2.24, 2.45) is 0 Å². The van der Waals surface area contributed by atoms with Crippen molar-refractivity contribution in [3.05, 3.63) is 64.5 Å². The van der Waals surface area contributed by atoms with E-state index in [1.165, 1.54) is 29.5 Å². The second-order valence-electron chi connectivity index (χ2n) is 9.59. The van der Waals surface area contributed by atoms with Crippen molar-refractivity contribution in [3.63, 3.8) is 0 Å². The van der Waals surface area contributed by atoms with E-state index in [0.29, 0.717) is 64.7 Å². The lowest BCUT2D eigenvalue weighted by Gasteiger charge is -2.32. The zero-order valence-electron chi connectivity index (χ0n) is 20.5. The van der Waals surface area contributed by atoms with Gasteiger partial charge >= 0.3 is 0 Å². The topological polar surface area (TPSA) is 79.6 Å². The molecule has 0 spiro atoms. The second kappa shape index (κ2) is 10.6. The van der Waals surface area contributed by atoms with Crippen LogP contribution in [0.15, 0.2) is 42.5 Å². The Hall–Kier alpha value is -3.32. The van der Waals surface area contributed by atoms with E-state index in [-0.39, 0.29) is 17.5 Å². The quantitative estimate of drug-likeness (QED) is 0.511. The minimum Gasteiger partial charge on any atom is -0.391 e. The number of aliphatic hydroxyl groups excluding tert-OH is 1. The van der Waals surface area contributed by atoms with Crippen molar-refractivity contribution < 1.29 is 18.7 Å². The molecule has 9 heteroatoms. The summed E-state index contributed by atoms with van der Waals surface area (Å²) in [5.74, 6) is -1.25. The molecule has 2 saturated heterocycles. The molecule has 2 aliphatic heterocycles. The van der Waals surface area contributed by atoms with E-state index < -0.39 is 17.7 Å². The van der Waals surface area contributed by atoms with Gasteiger partial charge in [0.1, 0.15) is 17.7 Å². The molecule has 1 amide bonds. The summed E-state index contributed by atoms with van der Waals surface area (Å²) in [5.41, 5.74) is 1.94. The van der Waals surface area contributed by atoms with Gasteiger partial charge in [-0.2, -0.15) is 5.26 Å². The number of nitriles is 1. The van der Waals surface area contributed by atoms with Crippen LogP contribution < -0.4 is 10.2 Å². The summed E-state index contributed by atoms with van der Waals surface area (Å²) >= 11 is 1.19. The highest BCUT2D eigenvalue weighted by Gasteiger charge is 2.28. The number of hydrogen-bond donors (Lipinski definition) is 2. The lowest BCUT2D eigenvalue weighted by atomic mass is 10.00. The van der Waals surface area contributed by atoms with Crippen molar-refractivity contribution in [1.82, 2.24) is 10.2 Å². The number of likely N-dealkylation sites (N-methyl/N-ethyl adjacent to an activating group) is 1. The Morgan fingerprint density at radius 2 is 1.92 bits per heavy atom. The van der Waals surface area contributed by atoms with Crippen LogP contribution in [0, 0.1) is 23.0 Å². The number of β-amino-alcohol motifs (C(OH)–C–C–N with tert-alkyl or cyclic N) is 1. The normalized spacial score (nSPS) is 19.8. The van der Waals surface area contributed by atoms with Gasteiger partial charge in [-0.3, -0.25) is 4.79 Å². The van der Waals surface area contributed by atoms with Gasteiger partial charge in [0, 0.05) is 53.9 Å². The smallest absolute Gasteiger partial charge is 0.264 e. The molecule has 192 valence electrons. The molecular weight excluding hydrogens is 494 g/mol. The summed E-state index contributed by atoms with van der Waals surface area (Å²) in [6.45, 7) is 2.34. The minimum absolute atomic E-state index is 0.0772. The SMILES string of the molecule is CN[C@@H]1CCCN(C(=O)c2cc(-c3ccc(C#N)c(F)c3)c(-c3ccc(N4CCC(O)C4)cc3F)s2)C1. The first kappa shape index (κ1) is 25.3. The Balaban J connectivity index is 1.56. The molecular formula is C28H28F2N4O2S. The Morgan fingerprint density at radius 3 is 2.59 bits per heavy atom. The monoisotopic (exact) mass is 522 g/mol. The maximum absolute atomic E-state index is 15.5. The van der Waals surface area contributed by atoms with Gasteiger partial charge < -0.3 is 20.2 Å². The number of benzene rings is 2. The molecule has 1 unspecified atom stereocenters. The highest BCUT2D eigenvalue weighted by atomic mass is 32.1. The highest BCUT2D eigenvalue weighted by Crippen LogP contribution is 2.42. The Labute approximate surface area is 218 Å².